The van der Waals surface area contributed by atoms with E-state index in [-0.39, 0.29) is 11.9 Å². The second-order valence-electron chi connectivity index (χ2n) is 17.1. The summed E-state index contributed by atoms with van der Waals surface area (Å²) in [6.07, 6.45) is 38.4. The molecular formula is C48H94N4O6. The number of carbonyl (C=O) groups excluding carboxylic acids is 1. The maximum absolute atomic E-state index is 12.6. The van der Waals surface area contributed by atoms with E-state index in [1.807, 2.05) is 0 Å². The number of hydrogen-bond acceptors (Lipinski definition) is 8. The van der Waals surface area contributed by atoms with E-state index in [2.05, 4.69) is 36.3 Å². The molecule has 342 valence electrons. The lowest BCUT2D eigenvalue weighted by molar-refractivity contribution is -0.404. The van der Waals surface area contributed by atoms with Crippen molar-refractivity contribution < 1.29 is 24.4 Å². The van der Waals surface area contributed by atoms with Gasteiger partial charge in [-0.1, -0.05) is 175 Å². The van der Waals surface area contributed by atoms with E-state index in [1.165, 1.54) is 96.3 Å². The van der Waals surface area contributed by atoms with Gasteiger partial charge in [0.15, 0.2) is 5.82 Å². The first-order valence-corrected chi connectivity index (χ1v) is 24.7. The van der Waals surface area contributed by atoms with E-state index in [9.17, 15) is 24.8 Å². The second-order valence-corrected chi connectivity index (χ2v) is 17.1. The van der Waals surface area contributed by atoms with Gasteiger partial charge in [-0.15, -0.1) is 0 Å². The third-order valence-electron chi connectivity index (χ3n) is 11.8. The van der Waals surface area contributed by atoms with E-state index >= 15 is 0 Å². The minimum Gasteiger partial charge on any atom is -0.481 e. The highest BCUT2D eigenvalue weighted by molar-refractivity contribution is 5.70. The van der Waals surface area contributed by atoms with Gasteiger partial charge in [-0.05, 0) is 76.9 Å². The van der Waals surface area contributed by atoms with Crippen LogP contribution in [0.25, 0.3) is 0 Å². The smallest absolute Gasteiger partial charge is 0.306 e. The molecule has 0 radical (unpaired) electrons. The first-order valence-electron chi connectivity index (χ1n) is 24.7. The fourth-order valence-electron chi connectivity index (χ4n) is 8.15. The fourth-order valence-corrected chi connectivity index (χ4v) is 8.15. The number of unbranched alkanes of at least 4 members (excludes halogenated alkanes) is 23. The van der Waals surface area contributed by atoms with Gasteiger partial charge in [0.2, 0.25) is 0 Å². The van der Waals surface area contributed by atoms with Crippen molar-refractivity contribution in [1.29, 1.82) is 0 Å². The molecule has 0 saturated carbocycles. The molecule has 0 heterocycles. The van der Waals surface area contributed by atoms with Crippen LogP contribution in [0.5, 0.6) is 0 Å². The number of ether oxygens (including phenoxy) is 1. The molecule has 0 amide bonds. The van der Waals surface area contributed by atoms with Crippen LogP contribution in [0.4, 0.5) is 0 Å². The lowest BCUT2D eigenvalue weighted by Gasteiger charge is -2.25. The van der Waals surface area contributed by atoms with Crippen LogP contribution < -0.4 is 10.6 Å². The Hall–Kier alpha value is -2.36. The number of rotatable bonds is 46. The van der Waals surface area contributed by atoms with E-state index in [0.717, 1.165) is 135 Å². The third-order valence-corrected chi connectivity index (χ3v) is 11.8. The molecular weight excluding hydrogens is 729 g/mol. The summed E-state index contributed by atoms with van der Waals surface area (Å²) in [5.41, 5.74) is 0. The summed E-state index contributed by atoms with van der Waals surface area (Å²) in [7, 11) is 1.68. The average molecular weight is 823 g/mol. The number of carboxylic acids is 1. The van der Waals surface area contributed by atoms with E-state index in [1.54, 1.807) is 7.05 Å². The van der Waals surface area contributed by atoms with Crippen LogP contribution >= 0.6 is 0 Å². The lowest BCUT2D eigenvalue weighted by atomic mass is 9.80. The Balaban J connectivity index is 4.76. The number of nitro groups is 1. The molecule has 58 heavy (non-hydrogen) atoms. The Morgan fingerprint density at radius 1 is 0.621 bits per heavy atom. The van der Waals surface area contributed by atoms with Gasteiger partial charge in [0.05, 0.1) is 17.4 Å². The van der Waals surface area contributed by atoms with Gasteiger partial charge in [-0.2, -0.15) is 0 Å². The number of hydrogen-bond donors (Lipinski definition) is 3. The highest BCUT2D eigenvalue weighted by atomic mass is 16.6. The number of aliphatic carboxylic acids is 1. The van der Waals surface area contributed by atoms with E-state index in [4.69, 9.17) is 4.74 Å². The monoisotopic (exact) mass is 823 g/mol. The van der Waals surface area contributed by atoms with Gasteiger partial charge < -0.3 is 25.4 Å². The summed E-state index contributed by atoms with van der Waals surface area (Å²) in [4.78, 5) is 37.7. The van der Waals surface area contributed by atoms with Crippen LogP contribution in [-0.2, 0) is 14.3 Å². The Bertz CT molecular complexity index is 964. The Kier molecular flexibility index (Phi) is 41.0. The van der Waals surface area contributed by atoms with Crippen LogP contribution in [0, 0.1) is 22.0 Å². The van der Waals surface area contributed by atoms with Crippen LogP contribution in [0.15, 0.2) is 12.0 Å². The molecule has 1 unspecified atom stereocenters. The van der Waals surface area contributed by atoms with E-state index in [0.29, 0.717) is 31.3 Å². The van der Waals surface area contributed by atoms with E-state index < -0.39 is 10.9 Å². The molecule has 0 rings (SSSR count). The summed E-state index contributed by atoms with van der Waals surface area (Å²) in [6.45, 7) is 10.9. The molecule has 0 saturated heterocycles. The molecule has 10 nitrogen and oxygen atoms in total. The molecule has 0 aromatic carbocycles. The molecule has 0 aliphatic carbocycles. The Labute approximate surface area is 357 Å². The third kappa shape index (κ3) is 36.7. The number of esters is 1. The second kappa shape index (κ2) is 42.8. The van der Waals surface area contributed by atoms with Crippen molar-refractivity contribution in [2.24, 2.45) is 11.8 Å². The summed E-state index contributed by atoms with van der Waals surface area (Å²) in [5, 5.41) is 27.2. The van der Waals surface area contributed by atoms with Crippen molar-refractivity contribution in [3.63, 3.8) is 0 Å². The number of nitrogens with one attached hydrogen (secondary N) is 2. The average Bonchev–Trinajstić information content (AvgIpc) is 3.20. The topological polar surface area (TPSA) is 134 Å². The SMILES string of the molecule is CCCCCCCCCOC(=O)CCCCCCCN(CCCCCCC(C(=O)O)C(CCCCCCCC)CCCCCCCC)CCCNC(=C[N+](=O)[O-])NC. The molecule has 0 aliphatic heterocycles. The van der Waals surface area contributed by atoms with Crippen LogP contribution in [-0.4, -0.2) is 66.7 Å². The molecule has 0 bridgehead atoms. The summed E-state index contributed by atoms with van der Waals surface area (Å²) < 4.78 is 5.45. The number of nitrogens with zero attached hydrogens (tertiary/aromatic N) is 2. The summed E-state index contributed by atoms with van der Waals surface area (Å²) in [5.74, 6) is -0.146. The first-order chi connectivity index (χ1) is 28.3. The van der Waals surface area contributed by atoms with Crippen LogP contribution in [0.2, 0.25) is 0 Å². The zero-order chi connectivity index (χ0) is 42.7. The Morgan fingerprint density at radius 3 is 1.53 bits per heavy atom. The maximum Gasteiger partial charge on any atom is 0.306 e. The molecule has 0 fully saturated rings. The highest BCUT2D eigenvalue weighted by Crippen LogP contribution is 2.30. The molecule has 3 N–H and O–H groups in total. The molecule has 0 aromatic rings. The summed E-state index contributed by atoms with van der Waals surface area (Å²) >= 11 is 0. The van der Waals surface area contributed by atoms with Crippen molar-refractivity contribution in [3.05, 3.63) is 22.1 Å². The normalized spacial score (nSPS) is 12.3. The molecule has 0 spiro atoms. The van der Waals surface area contributed by atoms with Crippen LogP contribution in [0.1, 0.15) is 233 Å². The molecule has 10 heteroatoms. The van der Waals surface area contributed by atoms with Crippen molar-refractivity contribution in [1.82, 2.24) is 15.5 Å². The standard InChI is InChI=1S/C48H94N4O6/c1-5-8-11-14-17-25-32-42-58-47(53)37-29-21-18-23-30-39-51(41-33-38-50-46(49-4)43-52(56)57)40-31-24-22-28-36-45(48(54)55)44(34-26-19-15-12-9-6-2)35-27-20-16-13-10-7-3/h43-45,49-50H,5-42H2,1-4H3,(H,54,55). The first kappa shape index (κ1) is 55.6. The number of carbonyl (C=O) groups is 2. The van der Waals surface area contributed by atoms with Crippen LogP contribution in [0.3, 0.4) is 0 Å². The number of carboxylic acid groups (broad SMARTS) is 1. The fraction of sp³-hybridized carbons (Fsp3) is 0.917. The van der Waals surface area contributed by atoms with Gasteiger partial charge in [-0.3, -0.25) is 19.7 Å². The Morgan fingerprint density at radius 2 is 1.05 bits per heavy atom. The van der Waals surface area contributed by atoms with Gasteiger partial charge in [0.25, 0.3) is 6.20 Å². The van der Waals surface area contributed by atoms with Gasteiger partial charge in [-0.25, -0.2) is 0 Å². The van der Waals surface area contributed by atoms with Gasteiger partial charge in [0, 0.05) is 20.0 Å². The maximum atomic E-state index is 12.6. The van der Waals surface area contributed by atoms with Crippen molar-refractivity contribution >= 4 is 11.9 Å². The highest BCUT2D eigenvalue weighted by Gasteiger charge is 2.27. The van der Waals surface area contributed by atoms with Gasteiger partial charge in [0.1, 0.15) is 0 Å². The van der Waals surface area contributed by atoms with Gasteiger partial charge >= 0.3 is 11.9 Å². The molecule has 0 aliphatic rings. The molecule has 0 aromatic heterocycles. The van der Waals surface area contributed by atoms with Crippen molar-refractivity contribution in [3.8, 4) is 0 Å². The van der Waals surface area contributed by atoms with Crippen molar-refractivity contribution in [2.45, 2.75) is 233 Å². The predicted molar refractivity (Wildman–Crippen MR) is 244 cm³/mol. The summed E-state index contributed by atoms with van der Waals surface area (Å²) in [6, 6.07) is 0. The minimum atomic E-state index is -0.588. The minimum absolute atomic E-state index is 0.0557. The predicted octanol–water partition coefficient (Wildman–Crippen LogP) is 13.0. The zero-order valence-corrected chi connectivity index (χ0v) is 38.5. The molecule has 1 atom stereocenters. The quantitative estimate of drug-likeness (QED) is 0.0237. The zero-order valence-electron chi connectivity index (χ0n) is 38.5. The lowest BCUT2D eigenvalue weighted by Crippen LogP contribution is -2.31. The van der Waals surface area contributed by atoms with Crippen molar-refractivity contribution in [2.75, 3.05) is 39.8 Å². The largest absolute Gasteiger partial charge is 0.481 e.